The molecule has 31 heavy (non-hydrogen) atoms. The van der Waals surface area contributed by atoms with Gasteiger partial charge >= 0.3 is 0 Å². The van der Waals surface area contributed by atoms with Crippen LogP contribution in [0.5, 0.6) is 5.75 Å². The Bertz CT molecular complexity index is 992. The van der Waals surface area contributed by atoms with Crippen molar-refractivity contribution >= 4 is 11.6 Å². The third kappa shape index (κ3) is 5.23. The number of hydrogen-bond donors (Lipinski definition) is 0. The predicted octanol–water partition coefficient (Wildman–Crippen LogP) is 4.07. The minimum Gasteiger partial charge on any atom is -0.497 e. The van der Waals surface area contributed by atoms with E-state index in [1.54, 1.807) is 7.11 Å². The third-order valence-corrected chi connectivity index (χ3v) is 5.58. The summed E-state index contributed by atoms with van der Waals surface area (Å²) >= 11 is 0. The Labute approximate surface area is 182 Å². The van der Waals surface area contributed by atoms with Crippen molar-refractivity contribution < 1.29 is 14.1 Å². The van der Waals surface area contributed by atoms with Gasteiger partial charge in [0.05, 0.1) is 20.2 Å². The van der Waals surface area contributed by atoms with Crippen LogP contribution in [-0.2, 0) is 11.3 Å². The second-order valence-corrected chi connectivity index (χ2v) is 7.87. The maximum atomic E-state index is 12.9. The maximum absolute atomic E-state index is 12.9. The highest BCUT2D eigenvalue weighted by atomic mass is 16.5. The highest BCUT2D eigenvalue weighted by Gasteiger charge is 2.21. The molecule has 1 aromatic heterocycles. The second-order valence-electron chi connectivity index (χ2n) is 7.87. The largest absolute Gasteiger partial charge is 0.497 e. The van der Waals surface area contributed by atoms with Crippen LogP contribution >= 0.6 is 0 Å². The van der Waals surface area contributed by atoms with Crippen molar-refractivity contribution in [2.75, 3.05) is 31.6 Å². The van der Waals surface area contributed by atoms with Crippen molar-refractivity contribution in [2.45, 2.75) is 32.7 Å². The summed E-state index contributed by atoms with van der Waals surface area (Å²) in [5.74, 6) is 1.89. The van der Waals surface area contributed by atoms with Crippen LogP contribution in [0, 0.1) is 6.92 Å². The number of carbonyl (C=O) groups is 1. The van der Waals surface area contributed by atoms with Gasteiger partial charge in [-0.25, -0.2) is 0 Å². The number of aromatic nitrogens is 2. The van der Waals surface area contributed by atoms with Crippen molar-refractivity contribution in [1.82, 2.24) is 15.0 Å². The zero-order valence-electron chi connectivity index (χ0n) is 18.1. The molecule has 1 aliphatic rings. The van der Waals surface area contributed by atoms with E-state index in [-0.39, 0.29) is 12.5 Å². The molecule has 0 saturated carbocycles. The van der Waals surface area contributed by atoms with Crippen molar-refractivity contribution in [1.29, 1.82) is 0 Å². The normalized spacial score (nSPS) is 13.8. The van der Waals surface area contributed by atoms with E-state index in [2.05, 4.69) is 10.1 Å². The van der Waals surface area contributed by atoms with Gasteiger partial charge in [-0.05, 0) is 62.6 Å². The van der Waals surface area contributed by atoms with Crippen molar-refractivity contribution in [3.8, 4) is 17.1 Å². The van der Waals surface area contributed by atoms with E-state index in [9.17, 15) is 4.79 Å². The lowest BCUT2D eigenvalue weighted by Crippen LogP contribution is -2.42. The highest BCUT2D eigenvalue weighted by Crippen LogP contribution is 2.22. The average Bonchev–Trinajstić information content (AvgIpc) is 3.28. The first-order valence-corrected chi connectivity index (χ1v) is 10.7. The molecule has 0 N–H and O–H groups in total. The number of rotatable bonds is 7. The van der Waals surface area contributed by atoms with Gasteiger partial charge < -0.3 is 19.1 Å². The van der Waals surface area contributed by atoms with Gasteiger partial charge in [-0.1, -0.05) is 22.9 Å². The molecule has 162 valence electrons. The maximum Gasteiger partial charge on any atom is 0.246 e. The van der Waals surface area contributed by atoms with Gasteiger partial charge in [0.2, 0.25) is 17.6 Å². The Morgan fingerprint density at radius 2 is 1.77 bits per heavy atom. The van der Waals surface area contributed by atoms with E-state index < -0.39 is 0 Å². The molecule has 0 unspecified atom stereocenters. The first-order chi connectivity index (χ1) is 15.1. The monoisotopic (exact) mass is 420 g/mol. The highest BCUT2D eigenvalue weighted by molar-refractivity contribution is 5.81. The fourth-order valence-electron chi connectivity index (χ4n) is 3.74. The number of amides is 1. The number of carbonyl (C=O) groups excluding carboxylic acids is 1. The second kappa shape index (κ2) is 9.64. The number of likely N-dealkylation sites (tertiary alicyclic amines) is 1. The standard InChI is InChI=1S/C24H28N4O3/c1-18-6-10-20(11-7-18)28(17-23(29)27-14-4-3-5-15-27)16-22-25-24(26-31-22)19-8-12-21(30-2)13-9-19/h6-13H,3-5,14-17H2,1-2H3. The summed E-state index contributed by atoms with van der Waals surface area (Å²) in [7, 11) is 1.63. The summed E-state index contributed by atoms with van der Waals surface area (Å²) in [6.45, 7) is 4.37. The third-order valence-electron chi connectivity index (χ3n) is 5.58. The molecule has 1 fully saturated rings. The number of methoxy groups -OCH3 is 1. The molecule has 2 heterocycles. The van der Waals surface area contributed by atoms with Crippen LogP contribution in [0.25, 0.3) is 11.4 Å². The van der Waals surface area contributed by atoms with Crippen molar-refractivity contribution in [3.05, 3.63) is 60.0 Å². The van der Waals surface area contributed by atoms with E-state index in [1.165, 1.54) is 12.0 Å². The Morgan fingerprint density at radius 3 is 2.45 bits per heavy atom. The summed E-state index contributed by atoms with van der Waals surface area (Å²) in [4.78, 5) is 21.4. The van der Waals surface area contributed by atoms with Gasteiger partial charge in [-0.2, -0.15) is 4.98 Å². The van der Waals surface area contributed by atoms with E-state index in [1.807, 2.05) is 65.3 Å². The van der Waals surface area contributed by atoms with E-state index >= 15 is 0 Å². The molecule has 1 saturated heterocycles. The predicted molar refractivity (Wildman–Crippen MR) is 119 cm³/mol. The van der Waals surface area contributed by atoms with E-state index in [4.69, 9.17) is 9.26 Å². The van der Waals surface area contributed by atoms with Crippen LogP contribution in [0.2, 0.25) is 0 Å². The fourth-order valence-corrected chi connectivity index (χ4v) is 3.74. The topological polar surface area (TPSA) is 71.7 Å². The molecule has 0 aliphatic carbocycles. The fraction of sp³-hybridized carbons (Fsp3) is 0.375. The lowest BCUT2D eigenvalue weighted by molar-refractivity contribution is -0.130. The number of benzene rings is 2. The molecule has 2 aromatic carbocycles. The molecule has 1 amide bonds. The van der Waals surface area contributed by atoms with E-state index in [0.717, 1.165) is 42.9 Å². The molecular weight excluding hydrogens is 392 g/mol. The Kier molecular flexibility index (Phi) is 6.50. The molecule has 0 bridgehead atoms. The molecule has 1 aliphatic heterocycles. The van der Waals surface area contributed by atoms with E-state index in [0.29, 0.717) is 18.3 Å². The van der Waals surface area contributed by atoms with Gasteiger partial charge in [0.15, 0.2) is 0 Å². The van der Waals surface area contributed by atoms with Gasteiger partial charge in [-0.3, -0.25) is 4.79 Å². The van der Waals surface area contributed by atoms with Crippen molar-refractivity contribution in [3.63, 3.8) is 0 Å². The van der Waals surface area contributed by atoms with Gasteiger partial charge in [0, 0.05) is 24.3 Å². The summed E-state index contributed by atoms with van der Waals surface area (Å²) in [6.07, 6.45) is 3.35. The number of hydrogen-bond acceptors (Lipinski definition) is 6. The van der Waals surface area contributed by atoms with Crippen molar-refractivity contribution in [2.24, 2.45) is 0 Å². The summed E-state index contributed by atoms with van der Waals surface area (Å²) < 4.78 is 10.7. The van der Waals surface area contributed by atoms with Gasteiger partial charge in [0.1, 0.15) is 5.75 Å². The molecule has 7 nitrogen and oxygen atoms in total. The average molecular weight is 421 g/mol. The van der Waals surface area contributed by atoms with Crippen LogP contribution in [0.1, 0.15) is 30.7 Å². The Hall–Kier alpha value is -3.35. The molecule has 3 aromatic rings. The van der Waals surface area contributed by atoms with Crippen LogP contribution in [0.3, 0.4) is 0 Å². The molecule has 0 spiro atoms. The minimum absolute atomic E-state index is 0.134. The van der Waals surface area contributed by atoms with Crippen LogP contribution in [0.15, 0.2) is 53.1 Å². The summed E-state index contributed by atoms with van der Waals surface area (Å²) in [6, 6.07) is 15.7. The van der Waals surface area contributed by atoms with Crippen LogP contribution < -0.4 is 9.64 Å². The minimum atomic E-state index is 0.134. The number of piperidine rings is 1. The Morgan fingerprint density at radius 1 is 1.06 bits per heavy atom. The van der Waals surface area contributed by atoms with Gasteiger partial charge in [0.25, 0.3) is 0 Å². The number of ether oxygens (including phenoxy) is 1. The molecule has 4 rings (SSSR count). The van der Waals surface area contributed by atoms with Gasteiger partial charge in [-0.15, -0.1) is 0 Å². The Balaban J connectivity index is 1.52. The van der Waals surface area contributed by atoms with Crippen LogP contribution in [-0.4, -0.2) is 47.7 Å². The summed E-state index contributed by atoms with van der Waals surface area (Å²) in [5.41, 5.74) is 2.98. The SMILES string of the molecule is COc1ccc(-c2noc(CN(CC(=O)N3CCCCC3)c3ccc(C)cc3)n2)cc1. The molecular formula is C24H28N4O3. The lowest BCUT2D eigenvalue weighted by atomic mass is 10.1. The first kappa shape index (κ1) is 20.9. The lowest BCUT2D eigenvalue weighted by Gasteiger charge is -2.30. The number of anilines is 1. The number of aryl methyl sites for hydroxylation is 1. The molecule has 0 atom stereocenters. The zero-order chi connectivity index (χ0) is 21.6. The smallest absolute Gasteiger partial charge is 0.246 e. The first-order valence-electron chi connectivity index (χ1n) is 10.7. The molecule has 7 heteroatoms. The zero-order valence-corrected chi connectivity index (χ0v) is 18.1. The quantitative estimate of drug-likeness (QED) is 0.574. The number of nitrogens with zero attached hydrogens (tertiary/aromatic N) is 4. The van der Waals surface area contributed by atoms with Crippen LogP contribution in [0.4, 0.5) is 5.69 Å². The summed E-state index contributed by atoms with van der Waals surface area (Å²) in [5, 5.41) is 4.12. The molecule has 0 radical (unpaired) electrons.